The molecule has 0 spiro atoms. The van der Waals surface area contributed by atoms with E-state index in [0.29, 0.717) is 0 Å². The van der Waals surface area contributed by atoms with Crippen molar-refractivity contribution in [1.29, 1.82) is 0 Å². The summed E-state index contributed by atoms with van der Waals surface area (Å²) < 4.78 is 2.30. The van der Waals surface area contributed by atoms with Gasteiger partial charge in [0.25, 0.3) is 0 Å². The highest BCUT2D eigenvalue weighted by Crippen LogP contribution is 2.35. The molecule has 3 aromatic carbocycles. The fraction of sp³-hybridized carbons (Fsp3) is 0.222. The van der Waals surface area contributed by atoms with Crippen LogP contribution in [0.4, 0.5) is 17.1 Å². The van der Waals surface area contributed by atoms with Gasteiger partial charge in [0.1, 0.15) is 12.6 Å². The number of para-hydroxylation sites is 2. The Morgan fingerprint density at radius 3 is 2.28 bits per heavy atom. The van der Waals surface area contributed by atoms with E-state index >= 15 is 0 Å². The van der Waals surface area contributed by atoms with Crippen molar-refractivity contribution in [2.75, 3.05) is 23.3 Å². The standard InChI is InChI=1S/C27H26N4.ClH/c1-30-24-12-6-4-10-22(24)25(26-27(30)21-9-3-5-11-23(21)29-26)28-19-13-15-20(16-14-19)31-17-7-2-8-18-31;/h3-6,9-16H,2,7-8,17-18H2,1H3,(H,28,29);1H. The van der Waals surface area contributed by atoms with Gasteiger partial charge in [-0.05, 0) is 61.7 Å². The summed E-state index contributed by atoms with van der Waals surface area (Å²) >= 11 is 0. The number of aromatic amines is 1. The van der Waals surface area contributed by atoms with Crippen LogP contribution >= 0.6 is 0 Å². The second-order valence-electron chi connectivity index (χ2n) is 8.56. The number of rotatable bonds is 3. The number of fused-ring (bicyclic) bond motifs is 4. The van der Waals surface area contributed by atoms with E-state index in [9.17, 15) is 0 Å². The molecule has 1 fully saturated rings. The molecule has 32 heavy (non-hydrogen) atoms. The molecule has 3 heterocycles. The molecule has 0 atom stereocenters. The first-order chi connectivity index (χ1) is 15.3. The summed E-state index contributed by atoms with van der Waals surface area (Å²) in [5, 5.41) is 6.20. The first kappa shape index (κ1) is 20.7. The smallest absolute Gasteiger partial charge is 0.240 e. The van der Waals surface area contributed by atoms with Gasteiger partial charge in [0.2, 0.25) is 11.0 Å². The maximum atomic E-state index is 3.75. The first-order valence-electron chi connectivity index (χ1n) is 11.2. The number of aryl methyl sites for hydroxylation is 1. The first-order valence-corrected chi connectivity index (χ1v) is 11.2. The minimum atomic E-state index is 0. The van der Waals surface area contributed by atoms with Crippen molar-refractivity contribution in [3.05, 3.63) is 72.8 Å². The van der Waals surface area contributed by atoms with Crippen LogP contribution in [0.25, 0.3) is 32.8 Å². The lowest BCUT2D eigenvalue weighted by Crippen LogP contribution is -3.00. The summed E-state index contributed by atoms with van der Waals surface area (Å²) in [7, 11) is 2.15. The molecule has 0 unspecified atom stereocenters. The number of aromatic nitrogens is 2. The van der Waals surface area contributed by atoms with Gasteiger partial charge in [0.15, 0.2) is 0 Å². The summed E-state index contributed by atoms with van der Waals surface area (Å²) in [6, 6.07) is 26.1. The van der Waals surface area contributed by atoms with Gasteiger partial charge in [0, 0.05) is 30.5 Å². The van der Waals surface area contributed by atoms with Crippen molar-refractivity contribution in [3.8, 4) is 0 Å². The van der Waals surface area contributed by atoms with Gasteiger partial charge in [-0.2, -0.15) is 4.57 Å². The predicted molar refractivity (Wildman–Crippen MR) is 130 cm³/mol. The molecular weight excluding hydrogens is 416 g/mol. The Hall–Kier alpha value is -3.24. The van der Waals surface area contributed by atoms with Crippen LogP contribution in [0.2, 0.25) is 0 Å². The minimum Gasteiger partial charge on any atom is -1.00 e. The normalized spacial score (nSPS) is 14.1. The van der Waals surface area contributed by atoms with Crippen molar-refractivity contribution >= 4 is 49.9 Å². The number of benzene rings is 3. The van der Waals surface area contributed by atoms with Gasteiger partial charge in [-0.1, -0.05) is 24.3 Å². The second kappa shape index (κ2) is 8.36. The molecule has 162 valence electrons. The van der Waals surface area contributed by atoms with E-state index in [1.165, 1.54) is 59.8 Å². The average Bonchev–Trinajstić information content (AvgIpc) is 3.23. The molecule has 2 N–H and O–H groups in total. The van der Waals surface area contributed by atoms with Crippen molar-refractivity contribution in [1.82, 2.24) is 4.98 Å². The van der Waals surface area contributed by atoms with E-state index in [1.807, 2.05) is 0 Å². The molecule has 4 nitrogen and oxygen atoms in total. The van der Waals surface area contributed by atoms with Gasteiger partial charge in [-0.3, -0.25) is 0 Å². The molecular formula is C27H27ClN4. The summed E-state index contributed by atoms with van der Waals surface area (Å²) in [6.07, 6.45) is 3.95. The average molecular weight is 443 g/mol. The van der Waals surface area contributed by atoms with Gasteiger partial charge < -0.3 is 27.6 Å². The number of hydrogen-bond donors (Lipinski definition) is 2. The summed E-state index contributed by atoms with van der Waals surface area (Å²) in [4.78, 5) is 6.17. The van der Waals surface area contributed by atoms with Crippen molar-refractivity contribution < 1.29 is 17.0 Å². The Labute approximate surface area is 194 Å². The molecule has 2 aromatic heterocycles. The van der Waals surface area contributed by atoms with Gasteiger partial charge >= 0.3 is 0 Å². The van der Waals surface area contributed by atoms with Crippen LogP contribution in [0.5, 0.6) is 0 Å². The Morgan fingerprint density at radius 1 is 0.812 bits per heavy atom. The fourth-order valence-corrected chi connectivity index (χ4v) is 5.07. The third-order valence-electron chi connectivity index (χ3n) is 6.66. The van der Waals surface area contributed by atoms with Crippen LogP contribution in [0, 0.1) is 0 Å². The van der Waals surface area contributed by atoms with E-state index in [1.54, 1.807) is 0 Å². The van der Waals surface area contributed by atoms with E-state index in [-0.39, 0.29) is 12.4 Å². The molecule has 5 heteroatoms. The maximum Gasteiger partial charge on any atom is 0.240 e. The monoisotopic (exact) mass is 442 g/mol. The molecule has 1 aliphatic rings. The second-order valence-corrected chi connectivity index (χ2v) is 8.56. The fourth-order valence-electron chi connectivity index (χ4n) is 5.07. The van der Waals surface area contributed by atoms with Crippen LogP contribution in [0.1, 0.15) is 19.3 Å². The summed E-state index contributed by atoms with van der Waals surface area (Å²) in [5.74, 6) is 0. The largest absolute Gasteiger partial charge is 1.00 e. The molecule has 1 saturated heterocycles. The number of halogens is 1. The van der Waals surface area contributed by atoms with Crippen molar-refractivity contribution in [2.24, 2.45) is 7.05 Å². The third-order valence-corrected chi connectivity index (χ3v) is 6.66. The highest BCUT2D eigenvalue weighted by Gasteiger charge is 2.22. The van der Waals surface area contributed by atoms with Gasteiger partial charge in [0.05, 0.1) is 22.0 Å². The van der Waals surface area contributed by atoms with Crippen molar-refractivity contribution in [3.63, 3.8) is 0 Å². The highest BCUT2D eigenvalue weighted by molar-refractivity contribution is 6.13. The molecule has 0 aliphatic carbocycles. The minimum absolute atomic E-state index is 0. The van der Waals surface area contributed by atoms with Crippen LogP contribution < -0.4 is 27.2 Å². The lowest BCUT2D eigenvalue weighted by atomic mass is 10.1. The molecule has 5 aromatic rings. The quantitative estimate of drug-likeness (QED) is 0.421. The van der Waals surface area contributed by atoms with E-state index in [4.69, 9.17) is 0 Å². The number of piperidine rings is 1. The van der Waals surface area contributed by atoms with Crippen LogP contribution in [-0.4, -0.2) is 18.1 Å². The maximum absolute atomic E-state index is 3.75. The number of hydrogen-bond acceptors (Lipinski definition) is 2. The number of nitrogens with one attached hydrogen (secondary N) is 2. The van der Waals surface area contributed by atoms with E-state index in [0.717, 1.165) is 22.4 Å². The number of nitrogens with zero attached hydrogens (tertiary/aromatic N) is 2. The van der Waals surface area contributed by atoms with Crippen molar-refractivity contribution in [2.45, 2.75) is 19.3 Å². The third kappa shape index (κ3) is 3.35. The lowest BCUT2D eigenvalue weighted by molar-refractivity contribution is -0.616. The Morgan fingerprint density at radius 2 is 1.50 bits per heavy atom. The Bertz CT molecular complexity index is 1400. The van der Waals surface area contributed by atoms with Gasteiger partial charge in [-0.15, -0.1) is 0 Å². The molecule has 0 amide bonds. The summed E-state index contributed by atoms with van der Waals surface area (Å²) in [6.45, 7) is 2.34. The van der Waals surface area contributed by atoms with E-state index < -0.39 is 0 Å². The Balaban J connectivity index is 0.00000216. The molecule has 1 aliphatic heterocycles. The summed E-state index contributed by atoms with van der Waals surface area (Å²) in [5.41, 5.74) is 8.30. The topological polar surface area (TPSA) is 34.9 Å². The Kier molecular flexibility index (Phi) is 5.40. The zero-order valence-corrected chi connectivity index (χ0v) is 19.0. The molecule has 0 radical (unpaired) electrons. The number of anilines is 3. The van der Waals surface area contributed by atoms with Crippen LogP contribution in [0.15, 0.2) is 72.8 Å². The van der Waals surface area contributed by atoms with Crippen LogP contribution in [0.3, 0.4) is 0 Å². The van der Waals surface area contributed by atoms with Gasteiger partial charge in [-0.25, -0.2) is 0 Å². The van der Waals surface area contributed by atoms with Crippen LogP contribution in [-0.2, 0) is 7.05 Å². The molecule has 0 bridgehead atoms. The highest BCUT2D eigenvalue weighted by atomic mass is 35.5. The lowest BCUT2D eigenvalue weighted by Gasteiger charge is -2.28. The zero-order chi connectivity index (χ0) is 20.8. The molecule has 6 rings (SSSR count). The molecule has 0 saturated carbocycles. The number of pyridine rings is 1. The predicted octanol–water partition coefficient (Wildman–Crippen LogP) is 3.04. The zero-order valence-electron chi connectivity index (χ0n) is 18.2. The van der Waals surface area contributed by atoms with E-state index in [2.05, 4.69) is 99.6 Å². The number of H-pyrrole nitrogens is 1. The SMILES string of the molecule is C[n+]1c2ccccc2c(Nc2ccc(N3CCCCC3)cc2)c2[nH]c3ccccc3c21.[Cl-].